The second-order valence-corrected chi connectivity index (χ2v) is 4.70. The molecule has 1 atom stereocenters. The smallest absolute Gasteiger partial charge is 0.165 e. The minimum Gasteiger partial charge on any atom is -0.505 e. The minimum atomic E-state index is -0.560. The zero-order valence-corrected chi connectivity index (χ0v) is 9.94. The lowest BCUT2D eigenvalue weighted by molar-refractivity contribution is 0.431. The Hall–Kier alpha value is -1.90. The van der Waals surface area contributed by atoms with Gasteiger partial charge in [0.25, 0.3) is 0 Å². The van der Waals surface area contributed by atoms with Crippen LogP contribution in [0.25, 0.3) is 0 Å². The molecular formula is C15H14FNO. The summed E-state index contributed by atoms with van der Waals surface area (Å²) in [6.07, 6.45) is 4.90. The van der Waals surface area contributed by atoms with Crippen molar-refractivity contribution in [2.75, 3.05) is 0 Å². The molecule has 1 aromatic carbocycles. The van der Waals surface area contributed by atoms with Gasteiger partial charge in [-0.25, -0.2) is 4.39 Å². The van der Waals surface area contributed by atoms with E-state index < -0.39 is 5.82 Å². The second-order valence-electron chi connectivity index (χ2n) is 4.70. The molecule has 3 heteroatoms. The molecule has 0 saturated heterocycles. The van der Waals surface area contributed by atoms with Gasteiger partial charge in [0.1, 0.15) is 0 Å². The van der Waals surface area contributed by atoms with Gasteiger partial charge in [0.05, 0.1) is 5.69 Å². The van der Waals surface area contributed by atoms with Gasteiger partial charge in [-0.15, -0.1) is 0 Å². The Balaban J connectivity index is 2.05. The number of aryl methyl sites for hydroxylation is 1. The third-order valence-electron chi connectivity index (χ3n) is 3.57. The first-order valence-corrected chi connectivity index (χ1v) is 6.18. The van der Waals surface area contributed by atoms with Crippen molar-refractivity contribution in [3.63, 3.8) is 0 Å². The summed E-state index contributed by atoms with van der Waals surface area (Å²) in [5, 5.41) is 9.25. The highest BCUT2D eigenvalue weighted by molar-refractivity contribution is 5.38. The predicted octanol–water partition coefficient (Wildman–Crippen LogP) is 3.39. The predicted molar refractivity (Wildman–Crippen MR) is 67.1 cm³/mol. The van der Waals surface area contributed by atoms with Gasteiger partial charge >= 0.3 is 0 Å². The van der Waals surface area contributed by atoms with Crippen molar-refractivity contribution in [1.82, 2.24) is 4.98 Å². The van der Waals surface area contributed by atoms with Crippen molar-refractivity contribution >= 4 is 0 Å². The Morgan fingerprint density at radius 1 is 1.28 bits per heavy atom. The molecule has 0 amide bonds. The molecule has 2 nitrogen and oxygen atoms in total. The fraction of sp³-hybridized carbons (Fsp3) is 0.267. The van der Waals surface area contributed by atoms with Crippen LogP contribution in [0.1, 0.15) is 35.6 Å². The van der Waals surface area contributed by atoms with Crippen LogP contribution >= 0.6 is 0 Å². The number of halogens is 1. The number of phenols is 1. The Morgan fingerprint density at radius 2 is 2.17 bits per heavy atom. The molecule has 0 bridgehead atoms. The number of fused-ring (bicyclic) bond motifs is 1. The maximum absolute atomic E-state index is 13.4. The molecule has 18 heavy (non-hydrogen) atoms. The van der Waals surface area contributed by atoms with Gasteiger partial charge in [-0.1, -0.05) is 12.1 Å². The van der Waals surface area contributed by atoms with E-state index in [0.29, 0.717) is 0 Å². The van der Waals surface area contributed by atoms with Crippen LogP contribution in [0.4, 0.5) is 4.39 Å². The molecule has 0 saturated carbocycles. The summed E-state index contributed by atoms with van der Waals surface area (Å²) in [4.78, 5) is 4.44. The van der Waals surface area contributed by atoms with E-state index in [1.165, 1.54) is 17.7 Å². The summed E-state index contributed by atoms with van der Waals surface area (Å²) < 4.78 is 13.4. The molecule has 1 unspecified atom stereocenters. The first-order chi connectivity index (χ1) is 8.75. The summed E-state index contributed by atoms with van der Waals surface area (Å²) in [5.41, 5.74) is 3.20. The van der Waals surface area contributed by atoms with Gasteiger partial charge in [-0.2, -0.15) is 0 Å². The summed E-state index contributed by atoms with van der Waals surface area (Å²) >= 11 is 0. The molecule has 0 aliphatic heterocycles. The third kappa shape index (κ3) is 1.86. The molecule has 0 radical (unpaired) electrons. The lowest BCUT2D eigenvalue weighted by Crippen LogP contribution is -2.13. The van der Waals surface area contributed by atoms with Gasteiger partial charge in [0.2, 0.25) is 0 Å². The number of hydrogen-bond donors (Lipinski definition) is 1. The molecule has 1 aliphatic rings. The Labute approximate surface area is 105 Å². The number of hydrogen-bond acceptors (Lipinski definition) is 2. The number of aromatic hydroxyl groups is 1. The quantitative estimate of drug-likeness (QED) is 0.832. The van der Waals surface area contributed by atoms with Crippen molar-refractivity contribution < 1.29 is 9.50 Å². The summed E-state index contributed by atoms with van der Waals surface area (Å²) in [5.74, 6) is -0.712. The molecule has 1 aliphatic carbocycles. The molecule has 1 heterocycles. The number of pyridine rings is 1. The van der Waals surface area contributed by atoms with Gasteiger partial charge in [0.15, 0.2) is 11.6 Å². The highest BCUT2D eigenvalue weighted by Gasteiger charge is 2.23. The molecule has 2 aromatic rings. The van der Waals surface area contributed by atoms with Crippen molar-refractivity contribution in [3.8, 4) is 5.75 Å². The van der Waals surface area contributed by atoms with Crippen LogP contribution in [-0.4, -0.2) is 10.1 Å². The minimum absolute atomic E-state index is 0.144. The summed E-state index contributed by atoms with van der Waals surface area (Å²) in [7, 11) is 0. The van der Waals surface area contributed by atoms with E-state index in [9.17, 15) is 9.50 Å². The normalized spacial score (nSPS) is 18.4. The Kier molecular flexibility index (Phi) is 2.74. The number of aromatic nitrogens is 1. The third-order valence-corrected chi connectivity index (χ3v) is 3.57. The highest BCUT2D eigenvalue weighted by Crippen LogP contribution is 2.36. The van der Waals surface area contributed by atoms with Crippen molar-refractivity contribution in [2.24, 2.45) is 0 Å². The van der Waals surface area contributed by atoms with E-state index in [-0.39, 0.29) is 11.7 Å². The van der Waals surface area contributed by atoms with Gasteiger partial charge in [-0.3, -0.25) is 4.98 Å². The lowest BCUT2D eigenvalue weighted by Gasteiger charge is -2.24. The highest BCUT2D eigenvalue weighted by atomic mass is 19.1. The maximum atomic E-state index is 13.4. The molecular weight excluding hydrogens is 229 g/mol. The fourth-order valence-corrected chi connectivity index (χ4v) is 2.67. The van der Waals surface area contributed by atoms with E-state index in [0.717, 1.165) is 30.5 Å². The molecule has 92 valence electrons. The van der Waals surface area contributed by atoms with E-state index in [1.807, 2.05) is 6.07 Å². The number of phenolic OH excluding ortho intramolecular Hbond substituents is 1. The van der Waals surface area contributed by atoms with E-state index in [1.54, 1.807) is 12.3 Å². The number of benzene rings is 1. The topological polar surface area (TPSA) is 33.1 Å². The fourth-order valence-electron chi connectivity index (χ4n) is 2.67. The zero-order valence-electron chi connectivity index (χ0n) is 9.94. The van der Waals surface area contributed by atoms with Crippen LogP contribution in [0.2, 0.25) is 0 Å². The summed E-state index contributed by atoms with van der Waals surface area (Å²) in [6, 6.07) is 8.66. The van der Waals surface area contributed by atoms with E-state index in [4.69, 9.17) is 0 Å². The lowest BCUT2D eigenvalue weighted by atomic mass is 9.82. The van der Waals surface area contributed by atoms with Crippen LogP contribution in [0, 0.1) is 5.82 Å². The molecule has 0 fully saturated rings. The van der Waals surface area contributed by atoms with Crippen LogP contribution in [0.3, 0.4) is 0 Å². The average molecular weight is 243 g/mol. The van der Waals surface area contributed by atoms with Gasteiger partial charge < -0.3 is 5.11 Å². The van der Waals surface area contributed by atoms with Crippen LogP contribution in [0.15, 0.2) is 36.5 Å². The van der Waals surface area contributed by atoms with Crippen molar-refractivity contribution in [3.05, 3.63) is 59.2 Å². The first-order valence-electron chi connectivity index (χ1n) is 6.18. The average Bonchev–Trinajstić information content (AvgIpc) is 2.41. The zero-order chi connectivity index (χ0) is 12.5. The SMILES string of the molecule is Oc1ccc(C2CCCc3cccnc32)cc1F. The standard InChI is InChI=1S/C15H14FNO/c16-13-9-11(6-7-14(13)18)12-5-1-3-10-4-2-8-17-15(10)12/h2,4,6-9,12,18H,1,3,5H2. The van der Waals surface area contributed by atoms with Crippen molar-refractivity contribution in [2.45, 2.75) is 25.2 Å². The number of rotatable bonds is 1. The molecule has 1 N–H and O–H groups in total. The largest absolute Gasteiger partial charge is 0.505 e. The molecule has 0 spiro atoms. The van der Waals surface area contributed by atoms with E-state index >= 15 is 0 Å². The number of nitrogens with zero attached hydrogens (tertiary/aromatic N) is 1. The van der Waals surface area contributed by atoms with E-state index in [2.05, 4.69) is 11.1 Å². The van der Waals surface area contributed by atoms with Crippen molar-refractivity contribution in [1.29, 1.82) is 0 Å². The monoisotopic (exact) mass is 243 g/mol. The summed E-state index contributed by atoms with van der Waals surface area (Å²) in [6.45, 7) is 0. The van der Waals surface area contributed by atoms with Gasteiger partial charge in [0, 0.05) is 12.1 Å². The Morgan fingerprint density at radius 3 is 3.00 bits per heavy atom. The van der Waals surface area contributed by atoms with Crippen LogP contribution in [-0.2, 0) is 6.42 Å². The first kappa shape index (κ1) is 11.2. The maximum Gasteiger partial charge on any atom is 0.165 e. The molecule has 3 rings (SSSR count). The Bertz CT molecular complexity index is 582. The van der Waals surface area contributed by atoms with Gasteiger partial charge in [-0.05, 0) is 48.6 Å². The van der Waals surface area contributed by atoms with Crippen LogP contribution < -0.4 is 0 Å². The van der Waals surface area contributed by atoms with Crippen LogP contribution in [0.5, 0.6) is 5.75 Å². The second kappa shape index (κ2) is 4.41. The molecule has 1 aromatic heterocycles.